The highest BCUT2D eigenvalue weighted by Gasteiger charge is 2.26. The summed E-state index contributed by atoms with van der Waals surface area (Å²) in [7, 11) is 1.80. The van der Waals surface area contributed by atoms with Crippen LogP contribution in [0.2, 0.25) is 0 Å². The Hall–Kier alpha value is -2.60. The van der Waals surface area contributed by atoms with Crippen LogP contribution < -0.4 is 5.32 Å². The van der Waals surface area contributed by atoms with Crippen LogP contribution in [0, 0.1) is 12.8 Å². The van der Waals surface area contributed by atoms with Crippen LogP contribution in [-0.2, 0) is 22.7 Å². The van der Waals surface area contributed by atoms with Gasteiger partial charge in [0.25, 0.3) is 0 Å². The number of benzene rings is 1. The molecule has 0 unspecified atom stereocenters. The Kier molecular flexibility index (Phi) is 6.87. The Labute approximate surface area is 166 Å². The first-order valence-corrected chi connectivity index (χ1v) is 9.84. The van der Waals surface area contributed by atoms with Gasteiger partial charge < -0.3 is 14.6 Å². The minimum absolute atomic E-state index is 0.0267. The van der Waals surface area contributed by atoms with Gasteiger partial charge in [-0.3, -0.25) is 14.5 Å². The molecule has 2 heterocycles. The van der Waals surface area contributed by atoms with Crippen LogP contribution in [0.25, 0.3) is 0 Å². The van der Waals surface area contributed by atoms with Crippen molar-refractivity contribution in [2.24, 2.45) is 5.92 Å². The molecule has 150 valence electrons. The average molecular weight is 383 g/mol. The number of likely N-dealkylation sites (N-methyl/N-ethyl adjacent to an activating group) is 1. The lowest BCUT2D eigenvalue weighted by molar-refractivity contribution is -0.132. The van der Waals surface area contributed by atoms with E-state index in [1.165, 1.54) is 0 Å². The molecule has 0 spiro atoms. The van der Waals surface area contributed by atoms with E-state index < -0.39 is 0 Å². The number of nitrogens with zero attached hydrogens (tertiary/aromatic N) is 2. The second kappa shape index (κ2) is 9.55. The van der Waals surface area contributed by atoms with Gasteiger partial charge in [-0.1, -0.05) is 30.3 Å². The van der Waals surface area contributed by atoms with Crippen molar-refractivity contribution in [3.63, 3.8) is 0 Å². The van der Waals surface area contributed by atoms with E-state index in [1.807, 2.05) is 49.4 Å². The Bertz CT molecular complexity index is 779. The quantitative estimate of drug-likeness (QED) is 0.798. The summed E-state index contributed by atoms with van der Waals surface area (Å²) < 4.78 is 5.54. The maximum atomic E-state index is 12.5. The van der Waals surface area contributed by atoms with Crippen LogP contribution in [0.5, 0.6) is 0 Å². The van der Waals surface area contributed by atoms with Gasteiger partial charge in [-0.15, -0.1) is 0 Å². The third kappa shape index (κ3) is 5.70. The van der Waals surface area contributed by atoms with E-state index in [0.717, 1.165) is 43.0 Å². The third-order valence-electron chi connectivity index (χ3n) is 5.24. The van der Waals surface area contributed by atoms with Crippen molar-refractivity contribution < 1.29 is 14.0 Å². The van der Waals surface area contributed by atoms with Crippen molar-refractivity contribution in [3.8, 4) is 0 Å². The fourth-order valence-electron chi connectivity index (χ4n) is 3.49. The standard InChI is InChI=1S/C22H29N3O3/c1-17-8-9-20(28-17)15-24(2)21(26)16-25-12-10-19(11-13-25)22(27)23-14-18-6-4-3-5-7-18/h3-9,19H,10-16H2,1-2H3,(H,23,27). The number of aryl methyl sites for hydroxylation is 1. The highest BCUT2D eigenvalue weighted by atomic mass is 16.3. The van der Waals surface area contributed by atoms with E-state index in [2.05, 4.69) is 10.2 Å². The lowest BCUT2D eigenvalue weighted by Gasteiger charge is -2.31. The maximum absolute atomic E-state index is 12.5. The number of furan rings is 1. The number of carbonyl (C=O) groups excluding carboxylic acids is 2. The number of likely N-dealkylation sites (tertiary alicyclic amines) is 1. The molecule has 0 atom stereocenters. The molecule has 0 saturated carbocycles. The van der Waals surface area contributed by atoms with E-state index in [1.54, 1.807) is 11.9 Å². The van der Waals surface area contributed by atoms with Crippen molar-refractivity contribution in [1.29, 1.82) is 0 Å². The fraction of sp³-hybridized carbons (Fsp3) is 0.455. The highest BCUT2D eigenvalue weighted by Crippen LogP contribution is 2.18. The summed E-state index contributed by atoms with van der Waals surface area (Å²) in [5, 5.41) is 3.03. The third-order valence-corrected chi connectivity index (χ3v) is 5.24. The van der Waals surface area contributed by atoms with E-state index >= 15 is 0 Å². The fourth-order valence-corrected chi connectivity index (χ4v) is 3.49. The van der Waals surface area contributed by atoms with Gasteiger partial charge >= 0.3 is 0 Å². The Morgan fingerprint density at radius 3 is 2.50 bits per heavy atom. The van der Waals surface area contributed by atoms with Crippen molar-refractivity contribution in [1.82, 2.24) is 15.1 Å². The zero-order valence-electron chi connectivity index (χ0n) is 16.7. The lowest BCUT2D eigenvalue weighted by Crippen LogP contribution is -2.44. The summed E-state index contributed by atoms with van der Waals surface area (Å²) in [5.41, 5.74) is 1.11. The van der Waals surface area contributed by atoms with Crippen LogP contribution >= 0.6 is 0 Å². The molecule has 6 heteroatoms. The number of nitrogens with one attached hydrogen (secondary N) is 1. The van der Waals surface area contributed by atoms with Crippen molar-refractivity contribution in [2.75, 3.05) is 26.7 Å². The highest BCUT2D eigenvalue weighted by molar-refractivity contribution is 5.79. The Morgan fingerprint density at radius 1 is 1.14 bits per heavy atom. The van der Waals surface area contributed by atoms with Crippen LogP contribution in [0.1, 0.15) is 29.9 Å². The number of hydrogen-bond donors (Lipinski definition) is 1. The molecule has 1 fully saturated rings. The molecule has 6 nitrogen and oxygen atoms in total. The largest absolute Gasteiger partial charge is 0.464 e. The van der Waals surface area contributed by atoms with Crippen LogP contribution in [0.3, 0.4) is 0 Å². The van der Waals surface area contributed by atoms with Gasteiger partial charge in [0.1, 0.15) is 11.5 Å². The second-order valence-corrected chi connectivity index (χ2v) is 7.52. The summed E-state index contributed by atoms with van der Waals surface area (Å²) in [6, 6.07) is 13.7. The van der Waals surface area contributed by atoms with Crippen LogP contribution in [0.15, 0.2) is 46.9 Å². The Morgan fingerprint density at radius 2 is 1.86 bits per heavy atom. The van der Waals surface area contributed by atoms with Gasteiger partial charge in [-0.2, -0.15) is 0 Å². The first-order valence-electron chi connectivity index (χ1n) is 9.84. The zero-order valence-corrected chi connectivity index (χ0v) is 16.7. The summed E-state index contributed by atoms with van der Waals surface area (Å²) >= 11 is 0. The predicted molar refractivity (Wildman–Crippen MR) is 107 cm³/mol. The summed E-state index contributed by atoms with van der Waals surface area (Å²) in [6.45, 7) is 4.85. The van der Waals surface area contributed by atoms with Gasteiger partial charge in [0.05, 0.1) is 13.1 Å². The molecular formula is C22H29N3O3. The first-order chi connectivity index (χ1) is 13.5. The molecule has 1 saturated heterocycles. The monoisotopic (exact) mass is 383 g/mol. The molecule has 1 aromatic heterocycles. The molecule has 1 aliphatic rings. The summed E-state index contributed by atoms with van der Waals surface area (Å²) in [5.74, 6) is 1.85. The molecule has 1 aromatic carbocycles. The second-order valence-electron chi connectivity index (χ2n) is 7.52. The number of amides is 2. The molecule has 0 bridgehead atoms. The molecule has 1 N–H and O–H groups in total. The SMILES string of the molecule is Cc1ccc(CN(C)C(=O)CN2CCC(C(=O)NCc3ccccc3)CC2)o1. The molecular weight excluding hydrogens is 354 g/mol. The van der Waals surface area contributed by atoms with Gasteiger partial charge in [-0.05, 0) is 50.6 Å². The summed E-state index contributed by atoms with van der Waals surface area (Å²) in [6.07, 6.45) is 1.57. The number of hydrogen-bond acceptors (Lipinski definition) is 4. The first kappa shape index (κ1) is 20.1. The van der Waals surface area contributed by atoms with Crippen molar-refractivity contribution in [3.05, 3.63) is 59.5 Å². The lowest BCUT2D eigenvalue weighted by atomic mass is 9.96. The van der Waals surface area contributed by atoms with Crippen LogP contribution in [-0.4, -0.2) is 48.3 Å². The molecule has 0 aliphatic carbocycles. The summed E-state index contributed by atoms with van der Waals surface area (Å²) in [4.78, 5) is 28.7. The molecule has 3 rings (SSSR count). The van der Waals surface area contributed by atoms with Crippen molar-refractivity contribution in [2.45, 2.75) is 32.9 Å². The van der Waals surface area contributed by atoms with Gasteiger partial charge in [0, 0.05) is 19.5 Å². The normalized spacial score (nSPS) is 15.4. The predicted octanol–water partition coefficient (Wildman–Crippen LogP) is 2.57. The molecule has 28 heavy (non-hydrogen) atoms. The average Bonchev–Trinajstić information content (AvgIpc) is 3.12. The minimum atomic E-state index is 0.0267. The van der Waals surface area contributed by atoms with Gasteiger partial charge in [0.2, 0.25) is 11.8 Å². The Balaban J connectivity index is 1.38. The topological polar surface area (TPSA) is 65.8 Å². The molecule has 1 aliphatic heterocycles. The van der Waals surface area contributed by atoms with E-state index in [4.69, 9.17) is 4.42 Å². The van der Waals surface area contributed by atoms with Gasteiger partial charge in [0.15, 0.2) is 0 Å². The minimum Gasteiger partial charge on any atom is -0.464 e. The van der Waals surface area contributed by atoms with E-state index in [9.17, 15) is 9.59 Å². The molecule has 0 radical (unpaired) electrons. The molecule has 2 amide bonds. The van der Waals surface area contributed by atoms with E-state index in [-0.39, 0.29) is 17.7 Å². The van der Waals surface area contributed by atoms with Crippen LogP contribution in [0.4, 0.5) is 0 Å². The molecule has 2 aromatic rings. The number of rotatable bonds is 7. The van der Waals surface area contributed by atoms with E-state index in [0.29, 0.717) is 19.6 Å². The zero-order chi connectivity index (χ0) is 19.9. The smallest absolute Gasteiger partial charge is 0.236 e. The number of carbonyl (C=O) groups is 2. The van der Waals surface area contributed by atoms with Crippen molar-refractivity contribution >= 4 is 11.8 Å². The number of piperidine rings is 1. The maximum Gasteiger partial charge on any atom is 0.236 e. The van der Waals surface area contributed by atoms with Gasteiger partial charge in [-0.25, -0.2) is 0 Å².